The smallest absolute Gasteiger partial charge is 0.0619 e. The van der Waals surface area contributed by atoms with Crippen molar-refractivity contribution in [1.29, 1.82) is 0 Å². The van der Waals surface area contributed by atoms with Crippen molar-refractivity contribution in [3.63, 3.8) is 0 Å². The van der Waals surface area contributed by atoms with Gasteiger partial charge < -0.3 is 15.0 Å². The third-order valence-electron chi connectivity index (χ3n) is 3.41. The summed E-state index contributed by atoms with van der Waals surface area (Å²) >= 11 is 0. The molecule has 3 nitrogen and oxygen atoms in total. The summed E-state index contributed by atoms with van der Waals surface area (Å²) in [4.78, 5) is 2.57. The lowest BCUT2D eigenvalue weighted by Gasteiger charge is -2.28. The zero-order valence-electron chi connectivity index (χ0n) is 9.87. The minimum Gasteiger partial charge on any atom is -0.380 e. The van der Waals surface area contributed by atoms with Crippen LogP contribution in [0.2, 0.25) is 0 Å². The van der Waals surface area contributed by atoms with Gasteiger partial charge in [-0.3, -0.25) is 0 Å². The molecule has 0 aromatic carbocycles. The highest BCUT2D eigenvalue weighted by Crippen LogP contribution is 2.10. The van der Waals surface area contributed by atoms with Crippen LogP contribution in [0.5, 0.6) is 0 Å². The Hall–Kier alpha value is -0.120. The van der Waals surface area contributed by atoms with Gasteiger partial charge in [0.1, 0.15) is 0 Å². The number of rotatable bonds is 4. The number of hydrogen-bond acceptors (Lipinski definition) is 3. The Balaban J connectivity index is 1.64. The van der Waals surface area contributed by atoms with Gasteiger partial charge in [0.2, 0.25) is 0 Å². The van der Waals surface area contributed by atoms with Crippen LogP contribution in [-0.4, -0.2) is 49.8 Å². The molecule has 0 saturated carbocycles. The van der Waals surface area contributed by atoms with Gasteiger partial charge in [0.25, 0.3) is 0 Å². The maximum atomic E-state index is 5.48. The van der Waals surface area contributed by atoms with Crippen LogP contribution in [0.1, 0.15) is 32.6 Å². The quantitative estimate of drug-likeness (QED) is 0.759. The van der Waals surface area contributed by atoms with Crippen molar-refractivity contribution >= 4 is 0 Å². The average Bonchev–Trinajstić information content (AvgIpc) is 2.71. The highest BCUT2D eigenvalue weighted by atomic mass is 16.5. The molecule has 3 heteroatoms. The number of hydrogen-bond donors (Lipinski definition) is 1. The van der Waals surface area contributed by atoms with E-state index in [1.165, 1.54) is 45.3 Å². The van der Waals surface area contributed by atoms with Gasteiger partial charge in [-0.05, 0) is 45.7 Å². The SMILES string of the molecule is CC(CN1CCCC1)NC1CCCOC1. The molecular formula is C12H24N2O. The molecule has 0 aliphatic carbocycles. The van der Waals surface area contributed by atoms with Gasteiger partial charge in [-0.15, -0.1) is 0 Å². The van der Waals surface area contributed by atoms with Crippen LogP contribution in [0.3, 0.4) is 0 Å². The summed E-state index contributed by atoms with van der Waals surface area (Å²) in [7, 11) is 0. The van der Waals surface area contributed by atoms with E-state index in [2.05, 4.69) is 17.1 Å². The van der Waals surface area contributed by atoms with Crippen molar-refractivity contribution in [2.45, 2.75) is 44.7 Å². The number of likely N-dealkylation sites (tertiary alicyclic amines) is 1. The molecule has 0 radical (unpaired) electrons. The topological polar surface area (TPSA) is 24.5 Å². The molecule has 2 atom stereocenters. The van der Waals surface area contributed by atoms with Crippen LogP contribution < -0.4 is 5.32 Å². The van der Waals surface area contributed by atoms with E-state index in [0.29, 0.717) is 12.1 Å². The zero-order chi connectivity index (χ0) is 10.5. The van der Waals surface area contributed by atoms with Crippen LogP contribution in [-0.2, 0) is 4.74 Å². The summed E-state index contributed by atoms with van der Waals surface area (Å²) in [6.45, 7) is 7.97. The van der Waals surface area contributed by atoms with Crippen molar-refractivity contribution in [2.75, 3.05) is 32.8 Å². The summed E-state index contributed by atoms with van der Waals surface area (Å²) in [6.07, 6.45) is 5.27. The van der Waals surface area contributed by atoms with Gasteiger partial charge in [0.15, 0.2) is 0 Å². The Morgan fingerprint density at radius 1 is 1.33 bits per heavy atom. The average molecular weight is 212 g/mol. The van der Waals surface area contributed by atoms with Crippen molar-refractivity contribution in [2.24, 2.45) is 0 Å². The van der Waals surface area contributed by atoms with E-state index in [1.807, 2.05) is 0 Å². The Labute approximate surface area is 93.2 Å². The lowest BCUT2D eigenvalue weighted by Crippen LogP contribution is -2.46. The first-order valence-corrected chi connectivity index (χ1v) is 6.41. The van der Waals surface area contributed by atoms with E-state index >= 15 is 0 Å². The first-order valence-electron chi connectivity index (χ1n) is 6.41. The van der Waals surface area contributed by atoms with Crippen molar-refractivity contribution in [3.05, 3.63) is 0 Å². The second-order valence-electron chi connectivity index (χ2n) is 4.99. The van der Waals surface area contributed by atoms with Crippen LogP contribution >= 0.6 is 0 Å². The van der Waals surface area contributed by atoms with Gasteiger partial charge in [0.05, 0.1) is 6.61 Å². The maximum Gasteiger partial charge on any atom is 0.0619 e. The molecule has 15 heavy (non-hydrogen) atoms. The number of ether oxygens (including phenoxy) is 1. The van der Waals surface area contributed by atoms with Crippen LogP contribution in [0.25, 0.3) is 0 Å². The molecule has 2 aliphatic heterocycles. The predicted octanol–water partition coefficient (Wildman–Crippen LogP) is 1.24. The highest BCUT2D eigenvalue weighted by Gasteiger charge is 2.18. The predicted molar refractivity (Wildman–Crippen MR) is 62.1 cm³/mol. The fourth-order valence-corrected chi connectivity index (χ4v) is 2.68. The molecule has 0 spiro atoms. The molecular weight excluding hydrogens is 188 g/mol. The van der Waals surface area contributed by atoms with E-state index < -0.39 is 0 Å². The molecule has 2 aliphatic rings. The van der Waals surface area contributed by atoms with Gasteiger partial charge in [0, 0.05) is 25.2 Å². The summed E-state index contributed by atoms with van der Waals surface area (Å²) < 4.78 is 5.48. The Morgan fingerprint density at radius 2 is 2.13 bits per heavy atom. The first-order chi connectivity index (χ1) is 7.34. The molecule has 0 aromatic heterocycles. The van der Waals surface area contributed by atoms with Gasteiger partial charge in [-0.25, -0.2) is 0 Å². The van der Waals surface area contributed by atoms with E-state index in [9.17, 15) is 0 Å². The first kappa shape index (κ1) is 11.4. The Bertz CT molecular complexity index is 174. The van der Waals surface area contributed by atoms with Crippen molar-refractivity contribution < 1.29 is 4.74 Å². The van der Waals surface area contributed by atoms with E-state index in [-0.39, 0.29) is 0 Å². The monoisotopic (exact) mass is 212 g/mol. The van der Waals surface area contributed by atoms with E-state index in [0.717, 1.165) is 13.2 Å². The van der Waals surface area contributed by atoms with Crippen LogP contribution in [0, 0.1) is 0 Å². The van der Waals surface area contributed by atoms with Crippen molar-refractivity contribution in [1.82, 2.24) is 10.2 Å². The van der Waals surface area contributed by atoms with Crippen molar-refractivity contribution in [3.8, 4) is 0 Å². The lowest BCUT2D eigenvalue weighted by atomic mass is 10.1. The summed E-state index contributed by atoms with van der Waals surface area (Å²) in [5, 5.41) is 3.68. The summed E-state index contributed by atoms with van der Waals surface area (Å²) in [5.41, 5.74) is 0. The minimum absolute atomic E-state index is 0.594. The van der Waals surface area contributed by atoms with Gasteiger partial charge in [-0.1, -0.05) is 0 Å². The van der Waals surface area contributed by atoms with Gasteiger partial charge >= 0.3 is 0 Å². The number of nitrogens with zero attached hydrogens (tertiary/aromatic N) is 1. The number of nitrogens with one attached hydrogen (secondary N) is 1. The summed E-state index contributed by atoms with van der Waals surface area (Å²) in [6, 6.07) is 1.20. The van der Waals surface area contributed by atoms with E-state index in [4.69, 9.17) is 4.74 Å². The van der Waals surface area contributed by atoms with E-state index in [1.54, 1.807) is 0 Å². The molecule has 2 unspecified atom stereocenters. The third-order valence-corrected chi connectivity index (χ3v) is 3.41. The van der Waals surface area contributed by atoms with Gasteiger partial charge in [-0.2, -0.15) is 0 Å². The fraction of sp³-hybridized carbons (Fsp3) is 1.00. The Kier molecular flexibility index (Phi) is 4.42. The molecule has 0 amide bonds. The molecule has 1 N–H and O–H groups in total. The zero-order valence-corrected chi connectivity index (χ0v) is 9.87. The molecule has 0 aromatic rings. The second kappa shape index (κ2) is 5.83. The minimum atomic E-state index is 0.594. The second-order valence-corrected chi connectivity index (χ2v) is 4.99. The standard InChI is InChI=1S/C12H24N2O/c1-11(9-14-6-2-3-7-14)13-12-5-4-8-15-10-12/h11-13H,2-10H2,1H3. The fourth-order valence-electron chi connectivity index (χ4n) is 2.68. The summed E-state index contributed by atoms with van der Waals surface area (Å²) in [5.74, 6) is 0. The molecule has 2 heterocycles. The largest absolute Gasteiger partial charge is 0.380 e. The maximum absolute atomic E-state index is 5.48. The highest BCUT2D eigenvalue weighted by molar-refractivity contribution is 4.77. The normalized spacial score (nSPS) is 30.6. The van der Waals surface area contributed by atoms with Crippen LogP contribution in [0.4, 0.5) is 0 Å². The Morgan fingerprint density at radius 3 is 2.80 bits per heavy atom. The molecule has 2 saturated heterocycles. The van der Waals surface area contributed by atoms with Crippen LogP contribution in [0.15, 0.2) is 0 Å². The molecule has 88 valence electrons. The molecule has 2 rings (SSSR count). The lowest BCUT2D eigenvalue weighted by molar-refractivity contribution is 0.0654. The molecule has 2 fully saturated rings. The molecule has 0 bridgehead atoms. The third kappa shape index (κ3) is 3.74.